The van der Waals surface area contributed by atoms with Gasteiger partial charge in [-0.2, -0.15) is 0 Å². The summed E-state index contributed by atoms with van der Waals surface area (Å²) in [6.07, 6.45) is 3.23. The number of benzene rings is 1. The van der Waals surface area contributed by atoms with E-state index < -0.39 is 11.6 Å². The number of rotatable bonds is 5. The van der Waals surface area contributed by atoms with Crippen molar-refractivity contribution in [2.45, 2.75) is 32.3 Å². The van der Waals surface area contributed by atoms with Crippen LogP contribution in [0.2, 0.25) is 0 Å². The molecule has 1 aromatic carbocycles. The molecule has 0 fully saturated rings. The molecule has 0 aliphatic carbocycles. The Balaban J connectivity index is 3.36. The highest BCUT2D eigenvalue weighted by Crippen LogP contribution is 2.33. The van der Waals surface area contributed by atoms with E-state index in [9.17, 15) is 9.90 Å². The van der Waals surface area contributed by atoms with Crippen molar-refractivity contribution in [1.29, 1.82) is 0 Å². The molecule has 0 bridgehead atoms. The van der Waals surface area contributed by atoms with E-state index >= 15 is 0 Å². The summed E-state index contributed by atoms with van der Waals surface area (Å²) < 4.78 is 4.77. The molecule has 1 unspecified atom stereocenters. The number of esters is 1. The van der Waals surface area contributed by atoms with Crippen molar-refractivity contribution in [3.05, 3.63) is 47.5 Å². The van der Waals surface area contributed by atoms with Gasteiger partial charge in [-0.05, 0) is 24.0 Å². The lowest BCUT2D eigenvalue weighted by molar-refractivity contribution is -0.159. The maximum Gasteiger partial charge on any atom is 0.347 e. The summed E-state index contributed by atoms with van der Waals surface area (Å²) in [5.74, 6) is -0.643. The van der Waals surface area contributed by atoms with Crippen LogP contribution in [0.15, 0.2) is 42.0 Å². The average Bonchev–Trinajstić information content (AvgIpc) is 2.43. The van der Waals surface area contributed by atoms with Gasteiger partial charge >= 0.3 is 5.97 Å². The van der Waals surface area contributed by atoms with E-state index in [1.807, 2.05) is 26.0 Å². The molecule has 0 radical (unpaired) electrons. The Morgan fingerprint density at radius 3 is 2.39 bits per heavy atom. The summed E-state index contributed by atoms with van der Waals surface area (Å²) in [5, 5.41) is 10.8. The van der Waals surface area contributed by atoms with Crippen molar-refractivity contribution in [3.63, 3.8) is 0 Å². The first-order valence-electron chi connectivity index (χ1n) is 6.17. The Bertz CT molecular complexity index is 423. The first-order chi connectivity index (χ1) is 8.61. The molecule has 1 rings (SSSR count). The topological polar surface area (TPSA) is 46.5 Å². The van der Waals surface area contributed by atoms with Gasteiger partial charge < -0.3 is 9.84 Å². The number of hydrogen-bond acceptors (Lipinski definition) is 3. The van der Waals surface area contributed by atoms with Crippen LogP contribution in [0.3, 0.4) is 0 Å². The number of carbonyl (C=O) groups is 1. The van der Waals surface area contributed by atoms with Gasteiger partial charge in [-0.25, -0.2) is 4.79 Å². The van der Waals surface area contributed by atoms with E-state index in [1.54, 1.807) is 24.3 Å². The van der Waals surface area contributed by atoms with Crippen molar-refractivity contribution in [3.8, 4) is 0 Å². The van der Waals surface area contributed by atoms with Crippen LogP contribution in [0.25, 0.3) is 0 Å². The predicted molar refractivity (Wildman–Crippen MR) is 71.0 cm³/mol. The fourth-order valence-corrected chi connectivity index (χ4v) is 2.06. The zero-order valence-electron chi connectivity index (χ0n) is 11.1. The van der Waals surface area contributed by atoms with E-state index in [-0.39, 0.29) is 0 Å². The Labute approximate surface area is 108 Å². The minimum absolute atomic E-state index is 0.540. The molecule has 3 heteroatoms. The van der Waals surface area contributed by atoms with Crippen LogP contribution in [-0.4, -0.2) is 18.2 Å². The minimum Gasteiger partial charge on any atom is -0.466 e. The van der Waals surface area contributed by atoms with Gasteiger partial charge in [-0.1, -0.05) is 50.3 Å². The van der Waals surface area contributed by atoms with Gasteiger partial charge in [0.1, 0.15) is 0 Å². The van der Waals surface area contributed by atoms with Crippen LogP contribution in [0.4, 0.5) is 0 Å². The maximum absolute atomic E-state index is 12.0. The van der Waals surface area contributed by atoms with Gasteiger partial charge in [-0.15, -0.1) is 0 Å². The molecule has 0 saturated carbocycles. The highest BCUT2D eigenvalue weighted by atomic mass is 16.5. The van der Waals surface area contributed by atoms with Gasteiger partial charge in [0.05, 0.1) is 7.11 Å². The number of allylic oxidation sites excluding steroid dienone is 1. The van der Waals surface area contributed by atoms with Crippen LogP contribution in [-0.2, 0) is 15.1 Å². The lowest BCUT2D eigenvalue weighted by atomic mass is 9.84. The lowest BCUT2D eigenvalue weighted by Crippen LogP contribution is -2.38. The molecule has 0 aliphatic rings. The Morgan fingerprint density at radius 2 is 1.94 bits per heavy atom. The van der Waals surface area contributed by atoms with Gasteiger partial charge in [0.15, 0.2) is 0 Å². The van der Waals surface area contributed by atoms with Crippen molar-refractivity contribution in [2.24, 2.45) is 0 Å². The summed E-state index contributed by atoms with van der Waals surface area (Å²) in [6, 6.07) is 8.90. The molecule has 0 amide bonds. The molecule has 1 N–H and O–H groups in total. The van der Waals surface area contributed by atoms with Crippen molar-refractivity contribution < 1.29 is 14.6 Å². The standard InChI is InChI=1S/C15H20O3/c1-4-9-12(5-2)15(17,14(16)18-3)13-10-7-6-8-11-13/h6-11,17H,4-5H2,1-3H3/b12-9+. The summed E-state index contributed by atoms with van der Waals surface area (Å²) >= 11 is 0. The third-order valence-electron chi connectivity index (χ3n) is 2.97. The van der Waals surface area contributed by atoms with Crippen LogP contribution >= 0.6 is 0 Å². The molecule has 18 heavy (non-hydrogen) atoms. The first kappa shape index (κ1) is 14.5. The molecule has 0 aromatic heterocycles. The van der Waals surface area contributed by atoms with Crippen LogP contribution in [0, 0.1) is 0 Å². The van der Waals surface area contributed by atoms with Gasteiger partial charge in [0.25, 0.3) is 0 Å². The second kappa shape index (κ2) is 6.36. The number of carbonyl (C=O) groups excluding carboxylic acids is 1. The SMILES string of the molecule is CC/C=C(\CC)C(O)(C(=O)OC)c1ccccc1. The Morgan fingerprint density at radius 1 is 1.33 bits per heavy atom. The van der Waals surface area contributed by atoms with E-state index in [0.717, 1.165) is 6.42 Å². The van der Waals surface area contributed by atoms with Crippen LogP contribution < -0.4 is 0 Å². The van der Waals surface area contributed by atoms with Gasteiger partial charge in [0.2, 0.25) is 5.60 Å². The minimum atomic E-state index is -1.68. The molecule has 98 valence electrons. The molecular formula is C15H20O3. The van der Waals surface area contributed by atoms with E-state index in [4.69, 9.17) is 4.74 Å². The molecular weight excluding hydrogens is 228 g/mol. The quantitative estimate of drug-likeness (QED) is 0.644. The normalized spacial score (nSPS) is 15.0. The number of ether oxygens (including phenoxy) is 1. The zero-order valence-corrected chi connectivity index (χ0v) is 11.1. The van der Waals surface area contributed by atoms with Gasteiger partial charge in [0, 0.05) is 0 Å². The van der Waals surface area contributed by atoms with Gasteiger partial charge in [-0.3, -0.25) is 0 Å². The van der Waals surface area contributed by atoms with E-state index in [0.29, 0.717) is 17.6 Å². The highest BCUT2D eigenvalue weighted by molar-refractivity contribution is 5.85. The molecule has 0 saturated heterocycles. The third kappa shape index (κ3) is 2.62. The number of methoxy groups -OCH3 is 1. The smallest absolute Gasteiger partial charge is 0.347 e. The second-order valence-electron chi connectivity index (χ2n) is 4.06. The fourth-order valence-electron chi connectivity index (χ4n) is 2.06. The number of aliphatic hydroxyl groups is 1. The Kier molecular flexibility index (Phi) is 5.10. The molecule has 1 aromatic rings. The lowest BCUT2D eigenvalue weighted by Gasteiger charge is -2.28. The summed E-state index contributed by atoms with van der Waals surface area (Å²) in [4.78, 5) is 12.0. The highest BCUT2D eigenvalue weighted by Gasteiger charge is 2.41. The molecule has 0 aliphatic heterocycles. The summed E-state index contributed by atoms with van der Waals surface area (Å²) in [6.45, 7) is 3.89. The van der Waals surface area contributed by atoms with E-state index in [2.05, 4.69) is 0 Å². The van der Waals surface area contributed by atoms with E-state index in [1.165, 1.54) is 7.11 Å². The average molecular weight is 248 g/mol. The molecule has 3 nitrogen and oxygen atoms in total. The number of hydrogen-bond donors (Lipinski definition) is 1. The maximum atomic E-state index is 12.0. The summed E-state index contributed by atoms with van der Waals surface area (Å²) in [7, 11) is 1.29. The zero-order chi connectivity index (χ0) is 13.6. The summed E-state index contributed by atoms with van der Waals surface area (Å²) in [5.41, 5.74) is -0.470. The van der Waals surface area contributed by atoms with Crippen molar-refractivity contribution in [1.82, 2.24) is 0 Å². The predicted octanol–water partition coefficient (Wildman–Crippen LogP) is 2.79. The third-order valence-corrected chi connectivity index (χ3v) is 2.97. The first-order valence-corrected chi connectivity index (χ1v) is 6.17. The Hall–Kier alpha value is -1.61. The molecule has 0 spiro atoms. The largest absolute Gasteiger partial charge is 0.466 e. The fraction of sp³-hybridized carbons (Fsp3) is 0.400. The second-order valence-corrected chi connectivity index (χ2v) is 4.06. The monoisotopic (exact) mass is 248 g/mol. The molecule has 1 atom stereocenters. The molecule has 0 heterocycles. The van der Waals surface area contributed by atoms with Crippen LogP contribution in [0.1, 0.15) is 32.3 Å². The van der Waals surface area contributed by atoms with Crippen LogP contribution in [0.5, 0.6) is 0 Å². The van der Waals surface area contributed by atoms with Crippen molar-refractivity contribution >= 4 is 5.97 Å². The van der Waals surface area contributed by atoms with Crippen molar-refractivity contribution in [2.75, 3.05) is 7.11 Å².